The first kappa shape index (κ1) is 22.5. The third-order valence-electron chi connectivity index (χ3n) is 1.40. The third-order valence-corrected chi connectivity index (χ3v) is 1.40. The number of aliphatic hydroxyl groups is 1. The standard InChI is InChI=1S/C7H17NO.C4H6O.C3H9N/c1-6(2)8-5-4-7(3)9;1-3-4(2)5;1-3(2)4/h6-9H,4-5H2,1-3H3;3H,1H2,2H3;3H,4H2,1-2H3. The molecule has 4 heteroatoms. The summed E-state index contributed by atoms with van der Waals surface area (Å²) in [5.74, 6) is 0.0185. The van der Waals surface area contributed by atoms with Gasteiger partial charge in [-0.3, -0.25) is 4.79 Å². The highest BCUT2D eigenvalue weighted by molar-refractivity contribution is 5.86. The fraction of sp³-hybridized carbons (Fsp3) is 0.786. The Hall–Kier alpha value is -0.710. The van der Waals surface area contributed by atoms with Crippen LogP contribution in [0, 0.1) is 0 Å². The van der Waals surface area contributed by atoms with E-state index >= 15 is 0 Å². The zero-order valence-electron chi connectivity index (χ0n) is 12.9. The van der Waals surface area contributed by atoms with Crippen molar-refractivity contribution in [3.63, 3.8) is 0 Å². The zero-order valence-corrected chi connectivity index (χ0v) is 12.9. The van der Waals surface area contributed by atoms with Crippen molar-refractivity contribution in [1.82, 2.24) is 5.32 Å². The van der Waals surface area contributed by atoms with Crippen LogP contribution in [0.1, 0.15) is 48.0 Å². The van der Waals surface area contributed by atoms with Gasteiger partial charge in [0.2, 0.25) is 0 Å². The van der Waals surface area contributed by atoms with E-state index in [1.807, 2.05) is 20.8 Å². The first-order valence-corrected chi connectivity index (χ1v) is 6.43. The normalized spacial score (nSPS) is 11.0. The third kappa shape index (κ3) is 58.8. The average Bonchev–Trinajstić information content (AvgIpc) is 2.16. The molecular weight excluding hydrogens is 228 g/mol. The number of ketones is 1. The SMILES string of the molecule is C=CC(C)=O.CC(C)N.CC(O)CCNC(C)C. The molecule has 1 atom stereocenters. The Bertz CT molecular complexity index is 179. The van der Waals surface area contributed by atoms with Crippen molar-refractivity contribution in [3.05, 3.63) is 12.7 Å². The summed E-state index contributed by atoms with van der Waals surface area (Å²) in [5.41, 5.74) is 5.11. The van der Waals surface area contributed by atoms with Crippen LogP contribution in [-0.2, 0) is 4.79 Å². The summed E-state index contributed by atoms with van der Waals surface area (Å²) in [6, 6.07) is 0.865. The van der Waals surface area contributed by atoms with Gasteiger partial charge in [-0.05, 0) is 38.9 Å². The van der Waals surface area contributed by atoms with Crippen molar-refractivity contribution >= 4 is 5.78 Å². The Morgan fingerprint density at radius 1 is 1.33 bits per heavy atom. The van der Waals surface area contributed by atoms with Gasteiger partial charge in [0.15, 0.2) is 5.78 Å². The molecule has 0 amide bonds. The molecule has 1 unspecified atom stereocenters. The highest BCUT2D eigenvalue weighted by atomic mass is 16.3. The van der Waals surface area contributed by atoms with Crippen LogP contribution in [0.5, 0.6) is 0 Å². The molecular formula is C14H32N2O2. The lowest BCUT2D eigenvalue weighted by Gasteiger charge is -2.08. The van der Waals surface area contributed by atoms with Crippen LogP contribution >= 0.6 is 0 Å². The summed E-state index contributed by atoms with van der Waals surface area (Å²) in [5, 5.41) is 12.0. The minimum absolute atomic E-state index is 0.0185. The molecule has 0 aliphatic heterocycles. The molecule has 0 saturated heterocycles. The maximum atomic E-state index is 9.69. The van der Waals surface area contributed by atoms with E-state index < -0.39 is 0 Å². The fourth-order valence-corrected chi connectivity index (χ4v) is 0.581. The summed E-state index contributed by atoms with van der Waals surface area (Å²) >= 11 is 0. The molecule has 0 aromatic rings. The summed E-state index contributed by atoms with van der Waals surface area (Å²) < 4.78 is 0. The molecule has 18 heavy (non-hydrogen) atoms. The number of aliphatic hydroxyl groups excluding tert-OH is 1. The average molecular weight is 260 g/mol. The molecule has 0 radical (unpaired) electrons. The Labute approximate surface area is 113 Å². The van der Waals surface area contributed by atoms with Crippen LogP contribution in [-0.4, -0.2) is 35.6 Å². The van der Waals surface area contributed by atoms with Crippen LogP contribution in [0.2, 0.25) is 0 Å². The van der Waals surface area contributed by atoms with E-state index in [1.54, 1.807) is 0 Å². The van der Waals surface area contributed by atoms with Gasteiger partial charge < -0.3 is 16.2 Å². The Kier molecular flexibility index (Phi) is 20.3. The molecule has 4 nitrogen and oxygen atoms in total. The smallest absolute Gasteiger partial charge is 0.152 e. The second-order valence-electron chi connectivity index (χ2n) is 4.81. The van der Waals surface area contributed by atoms with E-state index in [0.29, 0.717) is 12.1 Å². The van der Waals surface area contributed by atoms with Crippen LogP contribution in [0.25, 0.3) is 0 Å². The van der Waals surface area contributed by atoms with Crippen LogP contribution in [0.4, 0.5) is 0 Å². The van der Waals surface area contributed by atoms with Crippen molar-refractivity contribution in [3.8, 4) is 0 Å². The first-order chi connectivity index (χ1) is 8.13. The van der Waals surface area contributed by atoms with Gasteiger partial charge in [0.1, 0.15) is 0 Å². The maximum absolute atomic E-state index is 9.69. The van der Waals surface area contributed by atoms with Crippen molar-refractivity contribution in [2.45, 2.75) is 66.2 Å². The lowest BCUT2D eigenvalue weighted by molar-refractivity contribution is -0.112. The molecule has 0 rings (SSSR count). The van der Waals surface area contributed by atoms with Crippen molar-refractivity contribution in [2.75, 3.05) is 6.54 Å². The maximum Gasteiger partial charge on any atom is 0.152 e. The van der Waals surface area contributed by atoms with E-state index in [1.165, 1.54) is 13.0 Å². The van der Waals surface area contributed by atoms with Crippen molar-refractivity contribution < 1.29 is 9.90 Å². The molecule has 0 spiro atoms. The Morgan fingerprint density at radius 2 is 1.67 bits per heavy atom. The molecule has 0 aromatic carbocycles. The molecule has 4 N–H and O–H groups in total. The monoisotopic (exact) mass is 260 g/mol. The molecule has 110 valence electrons. The van der Waals surface area contributed by atoms with Gasteiger partial charge in [-0.25, -0.2) is 0 Å². The lowest BCUT2D eigenvalue weighted by atomic mass is 10.3. The molecule has 0 bridgehead atoms. The van der Waals surface area contributed by atoms with E-state index in [9.17, 15) is 4.79 Å². The van der Waals surface area contributed by atoms with Gasteiger partial charge in [-0.2, -0.15) is 0 Å². The zero-order chi connectivity index (χ0) is 15.1. The predicted molar refractivity (Wildman–Crippen MR) is 79.6 cm³/mol. The fourth-order valence-electron chi connectivity index (χ4n) is 0.581. The van der Waals surface area contributed by atoms with Crippen LogP contribution in [0.3, 0.4) is 0 Å². The molecule has 0 saturated carbocycles. The highest BCUT2D eigenvalue weighted by Crippen LogP contribution is 1.86. The topological polar surface area (TPSA) is 75.4 Å². The summed E-state index contributed by atoms with van der Waals surface area (Å²) in [6.45, 7) is 15.5. The molecule has 0 heterocycles. The number of nitrogens with one attached hydrogen (secondary N) is 1. The number of hydrogen-bond donors (Lipinski definition) is 3. The van der Waals surface area contributed by atoms with E-state index in [4.69, 9.17) is 10.8 Å². The molecule has 0 aliphatic carbocycles. The van der Waals surface area contributed by atoms with Gasteiger partial charge >= 0.3 is 0 Å². The largest absolute Gasteiger partial charge is 0.393 e. The Morgan fingerprint density at radius 3 is 1.83 bits per heavy atom. The number of nitrogens with two attached hydrogens (primary N) is 1. The van der Waals surface area contributed by atoms with Crippen LogP contribution < -0.4 is 11.1 Å². The lowest BCUT2D eigenvalue weighted by Crippen LogP contribution is -2.25. The number of carbonyl (C=O) groups is 1. The Balaban J connectivity index is -0.000000212. The summed E-state index contributed by atoms with van der Waals surface area (Å²) in [4.78, 5) is 9.69. The second-order valence-corrected chi connectivity index (χ2v) is 4.81. The van der Waals surface area contributed by atoms with Gasteiger partial charge in [0.05, 0.1) is 6.10 Å². The number of rotatable bonds is 5. The van der Waals surface area contributed by atoms with E-state index in [0.717, 1.165) is 13.0 Å². The van der Waals surface area contributed by atoms with Gasteiger partial charge in [-0.15, -0.1) is 0 Å². The first-order valence-electron chi connectivity index (χ1n) is 6.43. The number of hydrogen-bond acceptors (Lipinski definition) is 4. The highest BCUT2D eigenvalue weighted by Gasteiger charge is 1.95. The minimum Gasteiger partial charge on any atom is -0.393 e. The minimum atomic E-state index is -0.170. The van der Waals surface area contributed by atoms with Crippen molar-refractivity contribution in [2.24, 2.45) is 5.73 Å². The number of allylic oxidation sites excluding steroid dienone is 1. The quantitative estimate of drug-likeness (QED) is 0.660. The van der Waals surface area contributed by atoms with Crippen molar-refractivity contribution in [1.29, 1.82) is 0 Å². The molecule has 0 aliphatic rings. The van der Waals surface area contributed by atoms with Gasteiger partial charge in [-0.1, -0.05) is 34.3 Å². The van der Waals surface area contributed by atoms with Crippen LogP contribution in [0.15, 0.2) is 12.7 Å². The number of carbonyl (C=O) groups excluding carboxylic acids is 1. The van der Waals surface area contributed by atoms with Gasteiger partial charge in [0, 0.05) is 6.04 Å². The van der Waals surface area contributed by atoms with E-state index in [2.05, 4.69) is 25.7 Å². The second kappa shape index (κ2) is 16.3. The van der Waals surface area contributed by atoms with Gasteiger partial charge in [0.25, 0.3) is 0 Å². The molecule has 0 fully saturated rings. The molecule has 0 aromatic heterocycles. The summed E-state index contributed by atoms with van der Waals surface area (Å²) in [6.07, 6.45) is 1.95. The summed E-state index contributed by atoms with van der Waals surface area (Å²) in [7, 11) is 0. The predicted octanol–water partition coefficient (Wildman–Crippen LogP) is 1.87. The van der Waals surface area contributed by atoms with E-state index in [-0.39, 0.29) is 11.9 Å².